The molecule has 8 nitrogen and oxygen atoms in total. The number of nitro benzene ring substituents is 1. The first kappa shape index (κ1) is 32.7. The van der Waals surface area contributed by atoms with Crippen LogP contribution in [0.25, 0.3) is 0 Å². The fraction of sp³-hybridized carbons (Fsp3) is 0.536. The molecule has 15 heteroatoms. The second-order valence-electron chi connectivity index (χ2n) is 11.2. The van der Waals surface area contributed by atoms with E-state index in [1.165, 1.54) is 18.2 Å². The van der Waals surface area contributed by atoms with Gasteiger partial charge in [-0.15, -0.1) is 0 Å². The van der Waals surface area contributed by atoms with Gasteiger partial charge in [-0.2, -0.15) is 26.3 Å². The second kappa shape index (κ2) is 12.4. The number of nitrogens with one attached hydrogen (secondary N) is 1. The van der Waals surface area contributed by atoms with Gasteiger partial charge < -0.3 is 25.0 Å². The van der Waals surface area contributed by atoms with Crippen LogP contribution in [0.15, 0.2) is 42.5 Å². The summed E-state index contributed by atoms with van der Waals surface area (Å²) in [7, 11) is 0. The number of nitrogens with zero attached hydrogens (tertiary/aromatic N) is 3. The molecular weight excluding hydrogens is 602 g/mol. The summed E-state index contributed by atoms with van der Waals surface area (Å²) in [5.74, 6) is 0. The summed E-state index contributed by atoms with van der Waals surface area (Å²) in [5.41, 5.74) is -3.87. The third-order valence-corrected chi connectivity index (χ3v) is 8.20. The smallest absolute Gasteiger partial charge is 0.382 e. The lowest BCUT2D eigenvalue weighted by Crippen LogP contribution is -2.65. The number of hydrogen-bond donors (Lipinski definition) is 2. The van der Waals surface area contributed by atoms with Crippen molar-refractivity contribution in [2.75, 3.05) is 29.9 Å². The van der Waals surface area contributed by atoms with E-state index >= 15 is 0 Å². The topological polar surface area (TPSA) is 91.1 Å². The second-order valence-corrected chi connectivity index (χ2v) is 11.6. The standard InChI is InChI=1S/C28H32F6N4O4S/c1-17-14-37(21-8-3-18(4-9-21)27(29,30)31)26(2,39)16-36(17)25(43)15-42-22-10-5-19(6-11-22)35-20-7-12-24(38(40)41)23(13-20)28(32,33)34/h3-4,7-9,12-13,17,19,22,35,39H,5-6,10-11,14-16H2,1-2H3/t17-,19?,22?,26-/m0/s1. The van der Waals surface area contributed by atoms with Crippen molar-refractivity contribution in [2.45, 2.75) is 75.8 Å². The van der Waals surface area contributed by atoms with E-state index in [9.17, 15) is 41.6 Å². The van der Waals surface area contributed by atoms with Gasteiger partial charge in [0.2, 0.25) is 0 Å². The number of thiocarbonyl (C=S) groups is 1. The van der Waals surface area contributed by atoms with Crippen molar-refractivity contribution >= 4 is 34.3 Å². The monoisotopic (exact) mass is 634 g/mol. The zero-order chi connectivity index (χ0) is 31.7. The van der Waals surface area contributed by atoms with E-state index in [2.05, 4.69) is 5.32 Å². The molecule has 1 aliphatic heterocycles. The summed E-state index contributed by atoms with van der Waals surface area (Å²) in [6.07, 6.45) is -7.00. The van der Waals surface area contributed by atoms with E-state index in [1.807, 2.05) is 11.8 Å². The van der Waals surface area contributed by atoms with Gasteiger partial charge in [0.15, 0.2) is 5.72 Å². The van der Waals surface area contributed by atoms with Crippen molar-refractivity contribution in [3.63, 3.8) is 0 Å². The number of benzene rings is 2. The molecular formula is C28H32F6N4O4S. The first-order chi connectivity index (χ1) is 20.0. The van der Waals surface area contributed by atoms with Crippen LogP contribution in [-0.4, -0.2) is 63.5 Å². The summed E-state index contributed by atoms with van der Waals surface area (Å²) in [5, 5.41) is 25.2. The van der Waals surface area contributed by atoms with Crippen molar-refractivity contribution in [1.29, 1.82) is 0 Å². The molecule has 43 heavy (non-hydrogen) atoms. The third-order valence-electron chi connectivity index (χ3n) is 7.84. The molecule has 236 valence electrons. The van der Waals surface area contributed by atoms with E-state index in [-0.39, 0.29) is 37.0 Å². The van der Waals surface area contributed by atoms with Crippen LogP contribution in [-0.2, 0) is 17.1 Å². The minimum absolute atomic E-state index is 0.114. The SMILES string of the molecule is C[C@H]1CN(c2ccc(C(F)(F)F)cc2)[C@@](C)(O)CN1C(=S)COC1CCC(Nc2ccc([N+](=O)[O-])c(C(F)(F)F)c2)CC1. The summed E-state index contributed by atoms with van der Waals surface area (Å²) in [6, 6.07) is 7.21. The molecule has 0 aromatic heterocycles. The molecule has 2 aliphatic rings. The number of hydrogen-bond acceptors (Lipinski definition) is 7. The third kappa shape index (κ3) is 7.87. The van der Waals surface area contributed by atoms with Crippen LogP contribution < -0.4 is 10.2 Å². The fourth-order valence-corrected chi connectivity index (χ4v) is 5.88. The van der Waals surface area contributed by atoms with Gasteiger partial charge in [-0.1, -0.05) is 12.2 Å². The van der Waals surface area contributed by atoms with Gasteiger partial charge in [-0.25, -0.2) is 0 Å². The first-order valence-corrected chi connectivity index (χ1v) is 14.1. The van der Waals surface area contributed by atoms with E-state index in [0.717, 1.165) is 24.3 Å². The Morgan fingerprint density at radius 3 is 2.28 bits per heavy atom. The van der Waals surface area contributed by atoms with Crippen LogP contribution in [0.5, 0.6) is 0 Å². The van der Waals surface area contributed by atoms with E-state index < -0.39 is 39.8 Å². The Hall–Kier alpha value is -3.17. The van der Waals surface area contributed by atoms with Crippen LogP contribution in [0.4, 0.5) is 43.4 Å². The van der Waals surface area contributed by atoms with Gasteiger partial charge in [-0.05, 0) is 75.9 Å². The number of ether oxygens (including phenoxy) is 1. The number of piperazine rings is 1. The average molecular weight is 635 g/mol. The molecule has 2 aromatic rings. The predicted molar refractivity (Wildman–Crippen MR) is 152 cm³/mol. The number of halogens is 6. The van der Waals surface area contributed by atoms with Crippen LogP contribution in [0.3, 0.4) is 0 Å². The molecule has 0 spiro atoms. The zero-order valence-electron chi connectivity index (χ0n) is 23.4. The zero-order valence-corrected chi connectivity index (χ0v) is 24.2. The summed E-state index contributed by atoms with van der Waals surface area (Å²) >= 11 is 5.61. The van der Waals surface area contributed by atoms with Crippen LogP contribution in [0.2, 0.25) is 0 Å². The maximum absolute atomic E-state index is 13.3. The molecule has 1 aliphatic carbocycles. The van der Waals surface area contributed by atoms with Crippen molar-refractivity contribution in [1.82, 2.24) is 4.90 Å². The molecule has 0 bridgehead atoms. The van der Waals surface area contributed by atoms with Gasteiger partial charge in [-0.3, -0.25) is 10.1 Å². The summed E-state index contributed by atoms with van der Waals surface area (Å²) in [4.78, 5) is 13.9. The van der Waals surface area contributed by atoms with Gasteiger partial charge in [0.25, 0.3) is 5.69 Å². The first-order valence-electron chi connectivity index (χ1n) is 13.7. The van der Waals surface area contributed by atoms with E-state index in [0.29, 0.717) is 42.9 Å². The highest BCUT2D eigenvalue weighted by Gasteiger charge is 2.41. The fourth-order valence-electron chi connectivity index (χ4n) is 5.56. The Bertz CT molecular complexity index is 1310. The lowest BCUT2D eigenvalue weighted by molar-refractivity contribution is -0.388. The quantitative estimate of drug-likeness (QED) is 0.152. The molecule has 2 atom stereocenters. The maximum Gasteiger partial charge on any atom is 0.423 e. The maximum atomic E-state index is 13.3. The molecule has 2 N–H and O–H groups in total. The molecule has 0 amide bonds. The van der Waals surface area contributed by atoms with Gasteiger partial charge in [0, 0.05) is 36.1 Å². The molecule has 1 saturated carbocycles. The summed E-state index contributed by atoms with van der Waals surface area (Å²) < 4.78 is 84.8. The van der Waals surface area contributed by atoms with Gasteiger partial charge in [0.05, 0.1) is 29.7 Å². The van der Waals surface area contributed by atoms with E-state index in [4.69, 9.17) is 17.0 Å². The Kier molecular flexibility index (Phi) is 9.47. The lowest BCUT2D eigenvalue weighted by atomic mass is 9.92. The molecule has 2 aromatic carbocycles. The Morgan fingerprint density at radius 1 is 1.09 bits per heavy atom. The number of aliphatic hydroxyl groups is 1. The van der Waals surface area contributed by atoms with Gasteiger partial charge >= 0.3 is 12.4 Å². The molecule has 1 saturated heterocycles. The van der Waals surface area contributed by atoms with Crippen LogP contribution in [0.1, 0.15) is 50.7 Å². The van der Waals surface area contributed by atoms with Crippen LogP contribution in [0, 0.1) is 10.1 Å². The molecule has 0 radical (unpaired) electrons. The number of β-amino-alcohol motifs (C(OH)–C–C–N with tert-alkyl or cyclic N) is 1. The Labute approximate surface area is 249 Å². The molecule has 2 fully saturated rings. The molecule has 4 rings (SSSR count). The van der Waals surface area contributed by atoms with Crippen molar-refractivity contribution in [3.8, 4) is 0 Å². The highest BCUT2D eigenvalue weighted by molar-refractivity contribution is 7.80. The number of alkyl halides is 6. The molecule has 1 heterocycles. The van der Waals surface area contributed by atoms with E-state index in [1.54, 1.807) is 11.8 Å². The number of rotatable bonds is 7. The van der Waals surface area contributed by atoms with Crippen LogP contribution >= 0.6 is 12.2 Å². The highest BCUT2D eigenvalue weighted by atomic mass is 32.1. The molecule has 0 unspecified atom stereocenters. The number of nitro groups is 1. The number of anilines is 2. The predicted octanol–water partition coefficient (Wildman–Crippen LogP) is 6.62. The minimum atomic E-state index is -4.86. The van der Waals surface area contributed by atoms with Gasteiger partial charge in [0.1, 0.15) is 10.6 Å². The average Bonchev–Trinajstić information content (AvgIpc) is 2.92. The van der Waals surface area contributed by atoms with Crippen molar-refractivity contribution in [2.24, 2.45) is 0 Å². The minimum Gasteiger partial charge on any atom is -0.382 e. The Balaban J connectivity index is 1.28. The highest BCUT2D eigenvalue weighted by Crippen LogP contribution is 2.38. The van der Waals surface area contributed by atoms with Crippen molar-refractivity contribution < 1.29 is 41.1 Å². The Morgan fingerprint density at radius 2 is 1.72 bits per heavy atom. The van der Waals surface area contributed by atoms with Crippen molar-refractivity contribution in [3.05, 3.63) is 63.7 Å². The summed E-state index contributed by atoms with van der Waals surface area (Å²) in [6.45, 7) is 4.02. The lowest BCUT2D eigenvalue weighted by Gasteiger charge is -2.51. The largest absolute Gasteiger partial charge is 0.423 e. The normalized spacial score (nSPS) is 25.0.